The van der Waals surface area contributed by atoms with E-state index < -0.39 is 5.97 Å². The number of ether oxygens (including phenoxy) is 1. The van der Waals surface area contributed by atoms with Gasteiger partial charge in [-0.1, -0.05) is 0 Å². The fourth-order valence-electron chi connectivity index (χ4n) is 3.52. The van der Waals surface area contributed by atoms with Crippen LogP contribution in [0.2, 0.25) is 0 Å². The van der Waals surface area contributed by atoms with Crippen LogP contribution in [0, 0.1) is 5.92 Å². The highest BCUT2D eigenvalue weighted by Crippen LogP contribution is 2.36. The van der Waals surface area contributed by atoms with Crippen LogP contribution in [0.5, 0.6) is 5.75 Å². The molecule has 1 aliphatic heterocycles. The van der Waals surface area contributed by atoms with Gasteiger partial charge >= 0.3 is 12.0 Å². The lowest BCUT2D eigenvalue weighted by Crippen LogP contribution is -2.40. The van der Waals surface area contributed by atoms with E-state index in [1.165, 1.54) is 0 Å². The molecule has 6 nitrogen and oxygen atoms in total. The van der Waals surface area contributed by atoms with E-state index in [9.17, 15) is 9.59 Å². The largest absolute Gasteiger partial charge is 0.487 e. The molecule has 0 atom stereocenters. The molecule has 0 radical (unpaired) electrons. The van der Waals surface area contributed by atoms with Crippen LogP contribution < -0.4 is 15.4 Å². The van der Waals surface area contributed by atoms with Crippen molar-refractivity contribution in [2.45, 2.75) is 57.6 Å². The molecule has 1 heterocycles. The number of anilines is 1. The zero-order valence-corrected chi connectivity index (χ0v) is 14.1. The lowest BCUT2D eigenvalue weighted by molar-refractivity contribution is -0.142. The summed E-state index contributed by atoms with van der Waals surface area (Å²) in [6.07, 6.45) is 3.46. The molecule has 0 spiro atoms. The number of aliphatic carboxylic acids is 1. The Morgan fingerprint density at radius 3 is 2.58 bits per heavy atom. The first-order valence-electron chi connectivity index (χ1n) is 8.45. The molecule has 3 rings (SSSR count). The van der Waals surface area contributed by atoms with Crippen molar-refractivity contribution in [3.8, 4) is 5.75 Å². The first-order chi connectivity index (χ1) is 11.3. The second-order valence-electron chi connectivity index (χ2n) is 7.35. The molecular formula is C18H24N2O4. The van der Waals surface area contributed by atoms with Crippen LogP contribution >= 0.6 is 0 Å². The van der Waals surface area contributed by atoms with Gasteiger partial charge in [0.05, 0.1) is 5.92 Å². The Bertz CT molecular complexity index is 648. The van der Waals surface area contributed by atoms with E-state index in [4.69, 9.17) is 9.84 Å². The second kappa shape index (κ2) is 6.34. The summed E-state index contributed by atoms with van der Waals surface area (Å²) in [6, 6.07) is 5.47. The molecule has 2 aliphatic rings. The molecule has 1 aromatic carbocycles. The normalized spacial score (nSPS) is 24.6. The van der Waals surface area contributed by atoms with Gasteiger partial charge in [0, 0.05) is 23.7 Å². The topological polar surface area (TPSA) is 87.7 Å². The van der Waals surface area contributed by atoms with Crippen molar-refractivity contribution in [1.29, 1.82) is 0 Å². The predicted molar refractivity (Wildman–Crippen MR) is 90.4 cm³/mol. The van der Waals surface area contributed by atoms with E-state index in [-0.39, 0.29) is 23.6 Å². The molecule has 24 heavy (non-hydrogen) atoms. The van der Waals surface area contributed by atoms with Gasteiger partial charge in [-0.3, -0.25) is 4.79 Å². The van der Waals surface area contributed by atoms with Crippen LogP contribution in [0.15, 0.2) is 18.2 Å². The molecule has 1 fully saturated rings. The number of carboxylic acids is 1. The van der Waals surface area contributed by atoms with Gasteiger partial charge in [0.25, 0.3) is 0 Å². The molecule has 6 heteroatoms. The standard InChI is InChI=1S/C18H24N2O4/c1-18(2)10-12-9-14(7-8-15(12)24-18)20-17(23)19-13-5-3-11(4-6-13)16(21)22/h7-9,11,13H,3-6,10H2,1-2H3,(H,21,22)(H2,19,20,23). The number of nitrogens with one attached hydrogen (secondary N) is 2. The Morgan fingerprint density at radius 2 is 1.92 bits per heavy atom. The van der Waals surface area contributed by atoms with Crippen molar-refractivity contribution in [2.24, 2.45) is 5.92 Å². The fraction of sp³-hybridized carbons (Fsp3) is 0.556. The van der Waals surface area contributed by atoms with E-state index in [0.29, 0.717) is 25.7 Å². The molecule has 1 aromatic rings. The Hall–Kier alpha value is -2.24. The van der Waals surface area contributed by atoms with Crippen molar-refractivity contribution in [2.75, 3.05) is 5.32 Å². The SMILES string of the molecule is CC1(C)Cc2cc(NC(=O)NC3CCC(C(=O)O)CC3)ccc2O1. The minimum atomic E-state index is -0.735. The Labute approximate surface area is 141 Å². The van der Waals surface area contributed by atoms with E-state index >= 15 is 0 Å². The lowest BCUT2D eigenvalue weighted by atomic mass is 9.86. The van der Waals surface area contributed by atoms with Gasteiger partial charge in [-0.05, 0) is 57.7 Å². The van der Waals surface area contributed by atoms with Crippen LogP contribution in [0.25, 0.3) is 0 Å². The average Bonchev–Trinajstić information content (AvgIpc) is 2.80. The smallest absolute Gasteiger partial charge is 0.319 e. The van der Waals surface area contributed by atoms with Crippen molar-refractivity contribution >= 4 is 17.7 Å². The highest BCUT2D eigenvalue weighted by Gasteiger charge is 2.30. The first-order valence-corrected chi connectivity index (χ1v) is 8.45. The van der Waals surface area contributed by atoms with Crippen LogP contribution in [0.4, 0.5) is 10.5 Å². The summed E-state index contributed by atoms with van der Waals surface area (Å²) in [5.41, 5.74) is 1.64. The molecule has 0 aromatic heterocycles. The van der Waals surface area contributed by atoms with Gasteiger partial charge in [-0.2, -0.15) is 0 Å². The van der Waals surface area contributed by atoms with Gasteiger partial charge in [0.15, 0.2) is 0 Å². The molecule has 1 aliphatic carbocycles. The molecular weight excluding hydrogens is 308 g/mol. The van der Waals surface area contributed by atoms with E-state index in [0.717, 1.165) is 23.4 Å². The quantitative estimate of drug-likeness (QED) is 0.793. The van der Waals surface area contributed by atoms with E-state index in [1.807, 2.05) is 32.0 Å². The summed E-state index contributed by atoms with van der Waals surface area (Å²) < 4.78 is 5.83. The second-order valence-corrected chi connectivity index (χ2v) is 7.35. The Kier molecular flexibility index (Phi) is 4.39. The summed E-state index contributed by atoms with van der Waals surface area (Å²) in [7, 11) is 0. The maximum Gasteiger partial charge on any atom is 0.319 e. The number of urea groups is 1. The number of amides is 2. The lowest BCUT2D eigenvalue weighted by Gasteiger charge is -2.26. The molecule has 0 bridgehead atoms. The summed E-state index contributed by atoms with van der Waals surface area (Å²) in [5, 5.41) is 14.8. The third-order valence-corrected chi connectivity index (χ3v) is 4.73. The predicted octanol–water partition coefficient (Wildman–Crippen LogP) is 3.17. The Balaban J connectivity index is 1.52. The zero-order chi connectivity index (χ0) is 17.3. The number of hydrogen-bond donors (Lipinski definition) is 3. The summed E-state index contributed by atoms with van der Waals surface area (Å²) in [6.45, 7) is 4.08. The van der Waals surface area contributed by atoms with Crippen LogP contribution in [0.3, 0.4) is 0 Å². The van der Waals surface area contributed by atoms with Gasteiger partial charge in [-0.25, -0.2) is 4.79 Å². The van der Waals surface area contributed by atoms with Crippen LogP contribution in [-0.2, 0) is 11.2 Å². The zero-order valence-electron chi connectivity index (χ0n) is 14.1. The van der Waals surface area contributed by atoms with E-state index in [1.54, 1.807) is 0 Å². The van der Waals surface area contributed by atoms with Gasteiger partial charge in [0.1, 0.15) is 11.4 Å². The van der Waals surface area contributed by atoms with Crippen LogP contribution in [-0.4, -0.2) is 28.7 Å². The summed E-state index contributed by atoms with van der Waals surface area (Å²) in [5.74, 6) is -0.134. The van der Waals surface area contributed by atoms with Gasteiger partial charge in [0.2, 0.25) is 0 Å². The number of fused-ring (bicyclic) bond motifs is 1. The van der Waals surface area contributed by atoms with Crippen molar-refractivity contribution in [3.63, 3.8) is 0 Å². The number of benzene rings is 1. The molecule has 2 amide bonds. The third-order valence-electron chi connectivity index (χ3n) is 4.73. The van der Waals surface area contributed by atoms with Crippen molar-refractivity contribution < 1.29 is 19.4 Å². The van der Waals surface area contributed by atoms with E-state index in [2.05, 4.69) is 10.6 Å². The van der Waals surface area contributed by atoms with Crippen LogP contribution in [0.1, 0.15) is 45.1 Å². The number of rotatable bonds is 3. The third kappa shape index (κ3) is 3.80. The van der Waals surface area contributed by atoms with Crippen molar-refractivity contribution in [3.05, 3.63) is 23.8 Å². The number of hydrogen-bond acceptors (Lipinski definition) is 3. The highest BCUT2D eigenvalue weighted by molar-refractivity contribution is 5.89. The highest BCUT2D eigenvalue weighted by atomic mass is 16.5. The maximum absolute atomic E-state index is 12.2. The number of carbonyl (C=O) groups excluding carboxylic acids is 1. The molecule has 0 unspecified atom stereocenters. The van der Waals surface area contributed by atoms with Crippen molar-refractivity contribution in [1.82, 2.24) is 5.32 Å². The molecule has 0 saturated heterocycles. The minimum absolute atomic E-state index is 0.0392. The Morgan fingerprint density at radius 1 is 1.21 bits per heavy atom. The molecule has 130 valence electrons. The fourth-order valence-corrected chi connectivity index (χ4v) is 3.52. The average molecular weight is 332 g/mol. The number of carbonyl (C=O) groups is 2. The van der Waals surface area contributed by atoms with Gasteiger partial charge in [-0.15, -0.1) is 0 Å². The molecule has 1 saturated carbocycles. The minimum Gasteiger partial charge on any atom is -0.487 e. The first kappa shape index (κ1) is 16.6. The maximum atomic E-state index is 12.2. The monoisotopic (exact) mass is 332 g/mol. The van der Waals surface area contributed by atoms with Gasteiger partial charge < -0.3 is 20.5 Å². The summed E-state index contributed by atoms with van der Waals surface area (Å²) >= 11 is 0. The summed E-state index contributed by atoms with van der Waals surface area (Å²) in [4.78, 5) is 23.1. The number of carboxylic acid groups (broad SMARTS) is 1. The molecule has 3 N–H and O–H groups in total.